The van der Waals surface area contributed by atoms with Crippen molar-refractivity contribution >= 4 is 23.5 Å². The highest BCUT2D eigenvalue weighted by atomic mass is 35.5. The fraction of sp³-hybridized carbons (Fsp3) is 0.400. The van der Waals surface area contributed by atoms with Crippen LogP contribution >= 0.6 is 11.6 Å². The molecule has 0 aliphatic heterocycles. The molecular weight excluding hydrogens is 284 g/mol. The number of nitrogens with two attached hydrogens (primary N) is 1. The van der Waals surface area contributed by atoms with Crippen molar-refractivity contribution < 1.29 is 4.79 Å². The molecule has 0 fully saturated rings. The van der Waals surface area contributed by atoms with Crippen LogP contribution in [-0.2, 0) is 4.79 Å². The minimum atomic E-state index is -0.304. The highest BCUT2D eigenvalue weighted by Gasteiger charge is 2.07. The quantitative estimate of drug-likeness (QED) is 0.698. The first-order valence-electron chi connectivity index (χ1n) is 5.94. The van der Waals surface area contributed by atoms with E-state index in [0.717, 1.165) is 6.42 Å². The number of hydrogen-bond donors (Lipinski definition) is 2. The van der Waals surface area contributed by atoms with Gasteiger partial charge in [-0.15, -0.1) is 0 Å². The maximum absolute atomic E-state index is 10.6. The number of carbonyl (C=O) groups excluding carboxylic acids is 1. The third-order valence-corrected chi connectivity index (χ3v) is 2.52. The molecule has 2 aromatic rings. The van der Waals surface area contributed by atoms with Crippen molar-refractivity contribution in [3.63, 3.8) is 0 Å². The summed E-state index contributed by atoms with van der Waals surface area (Å²) in [6.07, 6.45) is 4.67. The van der Waals surface area contributed by atoms with E-state index < -0.39 is 0 Å². The molecule has 20 heavy (non-hydrogen) atoms. The Hall–Kier alpha value is -2.29. The summed E-state index contributed by atoms with van der Waals surface area (Å²) in [5.74, 6) is 0.318. The van der Waals surface area contributed by atoms with Crippen LogP contribution in [0.5, 0.6) is 0 Å². The molecule has 0 radical (unpaired) electrons. The second kappa shape index (κ2) is 6.75. The summed E-state index contributed by atoms with van der Waals surface area (Å²) in [4.78, 5) is 26.5. The second-order valence-corrected chi connectivity index (χ2v) is 4.26. The number of hydrogen-bond acceptors (Lipinski definition) is 7. The maximum atomic E-state index is 10.6. The Bertz CT molecular complexity index is 573. The lowest BCUT2D eigenvalue weighted by molar-refractivity contribution is -0.118. The fourth-order valence-corrected chi connectivity index (χ4v) is 1.61. The number of amides is 1. The van der Waals surface area contributed by atoms with Crippen LogP contribution in [0.2, 0.25) is 5.28 Å². The van der Waals surface area contributed by atoms with Gasteiger partial charge in [-0.3, -0.25) is 4.79 Å². The Labute approximate surface area is 119 Å². The predicted octanol–water partition coefficient (Wildman–Crippen LogP) is 0.173. The van der Waals surface area contributed by atoms with Gasteiger partial charge in [-0.05, 0) is 24.4 Å². The molecule has 3 N–H and O–H groups in total. The zero-order valence-electron chi connectivity index (χ0n) is 10.5. The standard InChI is InChI=1S/C10H13ClN8O/c11-8-16-9(14-4-2-1-3-7(12)20)18-10(17-8)19-6-13-5-15-19/h5-6H,1-4H2,(H2,12,20)(H,14,16,17,18). The van der Waals surface area contributed by atoms with Crippen molar-refractivity contribution in [1.29, 1.82) is 0 Å². The van der Waals surface area contributed by atoms with Gasteiger partial charge in [0.1, 0.15) is 12.7 Å². The third kappa shape index (κ3) is 4.12. The predicted molar refractivity (Wildman–Crippen MR) is 71.3 cm³/mol. The van der Waals surface area contributed by atoms with Crippen molar-refractivity contribution in [3.05, 3.63) is 17.9 Å². The molecule has 1 amide bonds. The lowest BCUT2D eigenvalue weighted by atomic mass is 10.2. The molecule has 2 aromatic heterocycles. The summed E-state index contributed by atoms with van der Waals surface area (Å²) in [7, 11) is 0. The van der Waals surface area contributed by atoms with Crippen molar-refractivity contribution in [1.82, 2.24) is 29.7 Å². The van der Waals surface area contributed by atoms with Gasteiger partial charge in [0.15, 0.2) is 0 Å². The largest absolute Gasteiger partial charge is 0.370 e. The number of rotatable bonds is 7. The number of primary amides is 1. The summed E-state index contributed by atoms with van der Waals surface area (Å²) in [5, 5.41) is 6.97. The zero-order chi connectivity index (χ0) is 14.4. The molecule has 0 aliphatic rings. The van der Waals surface area contributed by atoms with Crippen LogP contribution in [0.25, 0.3) is 5.95 Å². The summed E-state index contributed by atoms with van der Waals surface area (Å²) in [6, 6.07) is 0. The number of anilines is 1. The first-order valence-corrected chi connectivity index (χ1v) is 6.31. The molecule has 0 spiro atoms. The molecule has 0 saturated carbocycles. The number of nitrogens with one attached hydrogen (secondary N) is 1. The smallest absolute Gasteiger partial charge is 0.258 e. The number of halogens is 1. The van der Waals surface area contributed by atoms with E-state index in [4.69, 9.17) is 17.3 Å². The highest BCUT2D eigenvalue weighted by Crippen LogP contribution is 2.08. The molecule has 2 rings (SSSR count). The fourth-order valence-electron chi connectivity index (χ4n) is 1.46. The van der Waals surface area contributed by atoms with E-state index in [-0.39, 0.29) is 17.1 Å². The molecule has 9 nitrogen and oxygen atoms in total. The van der Waals surface area contributed by atoms with Gasteiger partial charge in [-0.2, -0.15) is 24.7 Å². The first-order chi connectivity index (χ1) is 9.65. The van der Waals surface area contributed by atoms with Crippen LogP contribution in [0.15, 0.2) is 12.7 Å². The van der Waals surface area contributed by atoms with Crippen molar-refractivity contribution in [3.8, 4) is 5.95 Å². The first kappa shape index (κ1) is 14.1. The average molecular weight is 297 g/mol. The van der Waals surface area contributed by atoms with E-state index in [1.54, 1.807) is 0 Å². The number of unbranched alkanes of at least 4 members (excludes halogenated alkanes) is 1. The second-order valence-electron chi connectivity index (χ2n) is 3.92. The molecule has 0 aromatic carbocycles. The molecule has 0 unspecified atom stereocenters. The summed E-state index contributed by atoms with van der Waals surface area (Å²) in [6.45, 7) is 0.602. The van der Waals surface area contributed by atoms with Crippen LogP contribution in [0, 0.1) is 0 Å². The van der Waals surface area contributed by atoms with Crippen LogP contribution in [-0.4, -0.2) is 42.2 Å². The van der Waals surface area contributed by atoms with E-state index in [1.165, 1.54) is 17.3 Å². The lowest BCUT2D eigenvalue weighted by Crippen LogP contribution is -2.12. The van der Waals surface area contributed by atoms with Crippen molar-refractivity contribution in [2.24, 2.45) is 5.73 Å². The Morgan fingerprint density at radius 3 is 2.90 bits per heavy atom. The summed E-state index contributed by atoms with van der Waals surface area (Å²) < 4.78 is 1.38. The number of aromatic nitrogens is 6. The Kier molecular flexibility index (Phi) is 4.77. The Morgan fingerprint density at radius 1 is 1.35 bits per heavy atom. The summed E-state index contributed by atoms with van der Waals surface area (Å²) >= 11 is 5.82. The van der Waals surface area contributed by atoms with E-state index in [0.29, 0.717) is 25.3 Å². The molecule has 0 bridgehead atoms. The molecule has 0 atom stereocenters. The topological polar surface area (TPSA) is 125 Å². The van der Waals surface area contributed by atoms with E-state index in [2.05, 4.69) is 30.4 Å². The van der Waals surface area contributed by atoms with Crippen LogP contribution in [0.1, 0.15) is 19.3 Å². The Balaban J connectivity index is 1.93. The van der Waals surface area contributed by atoms with E-state index in [1.807, 2.05) is 0 Å². The molecular formula is C10H13ClN8O. The SMILES string of the molecule is NC(=O)CCCCNc1nc(Cl)nc(-n2cncn2)n1. The van der Waals surface area contributed by atoms with Gasteiger partial charge >= 0.3 is 0 Å². The van der Waals surface area contributed by atoms with Crippen LogP contribution in [0.4, 0.5) is 5.95 Å². The van der Waals surface area contributed by atoms with Gasteiger partial charge in [0.2, 0.25) is 17.1 Å². The molecule has 2 heterocycles. The minimum Gasteiger partial charge on any atom is -0.370 e. The van der Waals surface area contributed by atoms with Gasteiger partial charge in [0.25, 0.3) is 5.95 Å². The van der Waals surface area contributed by atoms with Gasteiger partial charge < -0.3 is 11.1 Å². The third-order valence-electron chi connectivity index (χ3n) is 2.35. The molecule has 0 saturated heterocycles. The molecule has 106 valence electrons. The normalized spacial score (nSPS) is 10.4. The van der Waals surface area contributed by atoms with Gasteiger partial charge in [0.05, 0.1) is 0 Å². The number of nitrogens with zero attached hydrogens (tertiary/aromatic N) is 6. The van der Waals surface area contributed by atoms with Crippen molar-refractivity contribution in [2.75, 3.05) is 11.9 Å². The average Bonchev–Trinajstić information content (AvgIpc) is 2.91. The molecule has 10 heteroatoms. The maximum Gasteiger partial charge on any atom is 0.258 e. The lowest BCUT2D eigenvalue weighted by Gasteiger charge is -2.06. The van der Waals surface area contributed by atoms with Gasteiger partial charge in [-0.1, -0.05) is 0 Å². The molecule has 0 aliphatic carbocycles. The van der Waals surface area contributed by atoms with E-state index in [9.17, 15) is 4.79 Å². The van der Waals surface area contributed by atoms with Crippen LogP contribution in [0.3, 0.4) is 0 Å². The van der Waals surface area contributed by atoms with Crippen LogP contribution < -0.4 is 11.1 Å². The number of carbonyl (C=O) groups is 1. The minimum absolute atomic E-state index is 0.0603. The highest BCUT2D eigenvalue weighted by molar-refractivity contribution is 6.28. The monoisotopic (exact) mass is 296 g/mol. The van der Waals surface area contributed by atoms with Gasteiger partial charge in [0, 0.05) is 13.0 Å². The van der Waals surface area contributed by atoms with Crippen molar-refractivity contribution in [2.45, 2.75) is 19.3 Å². The zero-order valence-corrected chi connectivity index (χ0v) is 11.3. The van der Waals surface area contributed by atoms with Gasteiger partial charge in [-0.25, -0.2) is 4.98 Å². The summed E-state index contributed by atoms with van der Waals surface area (Å²) in [5.41, 5.74) is 5.05. The Morgan fingerprint density at radius 2 is 2.20 bits per heavy atom. The van der Waals surface area contributed by atoms with E-state index >= 15 is 0 Å².